The van der Waals surface area contributed by atoms with Crippen LogP contribution in [0.15, 0.2) is 0 Å². The molecule has 0 amide bonds. The van der Waals surface area contributed by atoms with Gasteiger partial charge in [-0.25, -0.2) is 0 Å². The molecule has 24 heavy (non-hydrogen) atoms. The summed E-state index contributed by atoms with van der Waals surface area (Å²) in [6, 6.07) is 0. The molecule has 0 aromatic carbocycles. The first kappa shape index (κ1) is 21.8. The van der Waals surface area contributed by atoms with E-state index in [1.54, 1.807) is 0 Å². The van der Waals surface area contributed by atoms with Crippen LogP contribution >= 0.6 is 0 Å². The second-order valence-electron chi connectivity index (χ2n) is 7.06. The fourth-order valence-corrected chi connectivity index (χ4v) is 3.14. The third-order valence-corrected chi connectivity index (χ3v) is 4.83. The van der Waals surface area contributed by atoms with E-state index in [-0.39, 0.29) is 0 Å². The predicted molar refractivity (Wildman–Crippen MR) is 99.4 cm³/mol. The second-order valence-corrected chi connectivity index (χ2v) is 7.06. The van der Waals surface area contributed by atoms with Gasteiger partial charge in [0.05, 0.1) is 25.4 Å². The molecule has 0 radical (unpaired) electrons. The topological polar surface area (TPSA) is 65.0 Å². The number of nitrogens with zero attached hydrogens (tertiary/aromatic N) is 1. The Morgan fingerprint density at radius 1 is 0.917 bits per heavy atom. The van der Waals surface area contributed by atoms with Gasteiger partial charge in [-0.1, -0.05) is 51.9 Å². The highest BCUT2D eigenvalue weighted by atomic mass is 16.5. The highest BCUT2D eigenvalue weighted by Gasteiger charge is 2.15. The van der Waals surface area contributed by atoms with Gasteiger partial charge in [-0.3, -0.25) is 4.90 Å². The molecule has 5 heteroatoms. The molecule has 1 saturated heterocycles. The van der Waals surface area contributed by atoms with Gasteiger partial charge in [0, 0.05) is 19.6 Å². The number of rotatable bonds is 15. The van der Waals surface area contributed by atoms with E-state index in [4.69, 9.17) is 4.74 Å². The van der Waals surface area contributed by atoms with Gasteiger partial charge in [-0.05, 0) is 25.9 Å². The number of aliphatic hydroxyl groups excluding tert-OH is 2. The molecule has 144 valence electrons. The van der Waals surface area contributed by atoms with Crippen LogP contribution in [0, 0.1) is 0 Å². The van der Waals surface area contributed by atoms with Crippen molar-refractivity contribution < 1.29 is 14.9 Å². The number of morpholine rings is 1. The van der Waals surface area contributed by atoms with Gasteiger partial charge in [0.2, 0.25) is 0 Å². The molecule has 3 N–H and O–H groups in total. The number of hydrogen-bond acceptors (Lipinski definition) is 5. The Labute approximate surface area is 148 Å². The van der Waals surface area contributed by atoms with Crippen molar-refractivity contribution in [3.63, 3.8) is 0 Å². The number of ether oxygens (including phenoxy) is 1. The van der Waals surface area contributed by atoms with Gasteiger partial charge in [0.1, 0.15) is 0 Å². The number of aliphatic hydroxyl groups is 2. The van der Waals surface area contributed by atoms with Gasteiger partial charge in [0.15, 0.2) is 0 Å². The quantitative estimate of drug-likeness (QED) is 0.397. The molecule has 0 saturated carbocycles. The van der Waals surface area contributed by atoms with Crippen molar-refractivity contribution in [2.45, 2.75) is 76.9 Å². The molecule has 2 atom stereocenters. The standard InChI is InChI=1S/C19H40N2O3/c1-2-3-4-5-6-7-8-10-18(22)19(23)17-20-11-9-12-21-13-15-24-16-14-21/h18-20,22-23H,2-17H2,1H3. The van der Waals surface area contributed by atoms with Crippen LogP contribution in [-0.4, -0.2) is 73.3 Å². The maximum Gasteiger partial charge on any atom is 0.0923 e. The van der Waals surface area contributed by atoms with Crippen molar-refractivity contribution in [1.29, 1.82) is 0 Å². The Balaban J connectivity index is 1.89. The molecule has 0 aromatic rings. The molecule has 2 unspecified atom stereocenters. The molecule has 5 nitrogen and oxygen atoms in total. The van der Waals surface area contributed by atoms with Crippen molar-refractivity contribution >= 4 is 0 Å². The summed E-state index contributed by atoms with van der Waals surface area (Å²) >= 11 is 0. The minimum Gasteiger partial charge on any atom is -0.390 e. The van der Waals surface area contributed by atoms with E-state index in [0.29, 0.717) is 13.0 Å². The molecule has 1 heterocycles. The van der Waals surface area contributed by atoms with E-state index in [0.717, 1.165) is 52.2 Å². The molecule has 1 aliphatic heterocycles. The van der Waals surface area contributed by atoms with E-state index >= 15 is 0 Å². The summed E-state index contributed by atoms with van der Waals surface area (Å²) < 4.78 is 5.33. The summed E-state index contributed by atoms with van der Waals surface area (Å²) in [4.78, 5) is 2.41. The molecular weight excluding hydrogens is 304 g/mol. The summed E-state index contributed by atoms with van der Waals surface area (Å²) in [6.07, 6.45) is 9.23. The summed E-state index contributed by atoms with van der Waals surface area (Å²) in [6.45, 7) is 8.42. The van der Waals surface area contributed by atoms with Crippen molar-refractivity contribution in [2.24, 2.45) is 0 Å². The third kappa shape index (κ3) is 11.4. The Morgan fingerprint density at radius 3 is 2.29 bits per heavy atom. The fourth-order valence-electron chi connectivity index (χ4n) is 3.14. The molecule has 0 aromatic heterocycles. The lowest BCUT2D eigenvalue weighted by Crippen LogP contribution is -2.39. The highest BCUT2D eigenvalue weighted by Crippen LogP contribution is 2.11. The Hall–Kier alpha value is -0.200. The van der Waals surface area contributed by atoms with Crippen molar-refractivity contribution in [3.05, 3.63) is 0 Å². The van der Waals surface area contributed by atoms with Gasteiger partial charge in [0.25, 0.3) is 0 Å². The molecule has 1 fully saturated rings. The molecule has 0 spiro atoms. The minimum absolute atomic E-state index is 0.487. The van der Waals surface area contributed by atoms with Crippen LogP contribution < -0.4 is 5.32 Å². The Morgan fingerprint density at radius 2 is 1.58 bits per heavy atom. The summed E-state index contributed by atoms with van der Waals surface area (Å²) in [5, 5.41) is 23.3. The first-order chi connectivity index (χ1) is 11.7. The second kappa shape index (κ2) is 15.1. The zero-order chi connectivity index (χ0) is 17.5. The maximum absolute atomic E-state index is 10.0. The zero-order valence-electron chi connectivity index (χ0n) is 15.7. The Bertz CT molecular complexity index is 273. The summed E-state index contributed by atoms with van der Waals surface area (Å²) in [5.41, 5.74) is 0. The largest absolute Gasteiger partial charge is 0.390 e. The molecule has 0 bridgehead atoms. The predicted octanol–water partition coefficient (Wildman–Crippen LogP) is 2.16. The summed E-state index contributed by atoms with van der Waals surface area (Å²) in [7, 11) is 0. The van der Waals surface area contributed by atoms with E-state index in [2.05, 4.69) is 17.1 Å². The first-order valence-electron chi connectivity index (χ1n) is 10.1. The van der Waals surface area contributed by atoms with Gasteiger partial charge in [-0.15, -0.1) is 0 Å². The fraction of sp³-hybridized carbons (Fsp3) is 1.00. The van der Waals surface area contributed by atoms with E-state index in [9.17, 15) is 10.2 Å². The average Bonchev–Trinajstić information content (AvgIpc) is 2.61. The number of nitrogens with one attached hydrogen (secondary N) is 1. The van der Waals surface area contributed by atoms with Crippen molar-refractivity contribution in [3.8, 4) is 0 Å². The smallest absolute Gasteiger partial charge is 0.0923 e. The molecular formula is C19H40N2O3. The van der Waals surface area contributed by atoms with Crippen molar-refractivity contribution in [1.82, 2.24) is 10.2 Å². The van der Waals surface area contributed by atoms with Crippen LogP contribution in [0.4, 0.5) is 0 Å². The molecule has 1 aliphatic rings. The lowest BCUT2D eigenvalue weighted by molar-refractivity contribution is 0.0135. The maximum atomic E-state index is 10.0. The monoisotopic (exact) mass is 344 g/mol. The molecule has 1 rings (SSSR count). The normalized spacial score (nSPS) is 18.6. The highest BCUT2D eigenvalue weighted by molar-refractivity contribution is 4.70. The number of hydrogen-bond donors (Lipinski definition) is 3. The molecule has 0 aliphatic carbocycles. The zero-order valence-corrected chi connectivity index (χ0v) is 15.7. The van der Waals surface area contributed by atoms with Gasteiger partial charge >= 0.3 is 0 Å². The van der Waals surface area contributed by atoms with Gasteiger partial charge < -0.3 is 20.3 Å². The first-order valence-corrected chi connectivity index (χ1v) is 10.1. The minimum atomic E-state index is -0.645. The van der Waals surface area contributed by atoms with Crippen LogP contribution in [0.1, 0.15) is 64.7 Å². The van der Waals surface area contributed by atoms with E-state index < -0.39 is 12.2 Å². The summed E-state index contributed by atoms with van der Waals surface area (Å²) in [5.74, 6) is 0. The average molecular weight is 345 g/mol. The van der Waals surface area contributed by atoms with E-state index in [1.165, 1.54) is 38.5 Å². The lowest BCUT2D eigenvalue weighted by Gasteiger charge is -2.26. The SMILES string of the molecule is CCCCCCCCCC(O)C(O)CNCCCN1CCOCC1. The third-order valence-electron chi connectivity index (χ3n) is 4.83. The van der Waals surface area contributed by atoms with E-state index in [1.807, 2.05) is 0 Å². The van der Waals surface area contributed by atoms with Crippen LogP contribution in [0.5, 0.6) is 0 Å². The van der Waals surface area contributed by atoms with Gasteiger partial charge in [-0.2, -0.15) is 0 Å². The van der Waals surface area contributed by atoms with Crippen LogP contribution in [0.25, 0.3) is 0 Å². The van der Waals surface area contributed by atoms with Crippen molar-refractivity contribution in [2.75, 3.05) is 45.9 Å². The van der Waals surface area contributed by atoms with Crippen LogP contribution in [0.3, 0.4) is 0 Å². The Kier molecular flexibility index (Phi) is 13.7. The van der Waals surface area contributed by atoms with Crippen LogP contribution in [-0.2, 0) is 4.74 Å². The van der Waals surface area contributed by atoms with Crippen LogP contribution in [0.2, 0.25) is 0 Å². The lowest BCUT2D eigenvalue weighted by atomic mass is 10.0. The number of unbranched alkanes of at least 4 members (excludes halogenated alkanes) is 6.